The van der Waals surface area contributed by atoms with Gasteiger partial charge in [0.2, 0.25) is 0 Å². The zero-order valence-corrected chi connectivity index (χ0v) is 12.6. The third-order valence-electron chi connectivity index (χ3n) is 4.23. The lowest BCUT2D eigenvalue weighted by Gasteiger charge is -2.29. The van der Waals surface area contributed by atoms with E-state index in [2.05, 4.69) is 58.6 Å². The molecule has 0 saturated carbocycles. The molecule has 3 heteroatoms. The van der Waals surface area contributed by atoms with Crippen LogP contribution in [-0.4, -0.2) is 36.1 Å². The summed E-state index contributed by atoms with van der Waals surface area (Å²) in [5.41, 5.74) is 4.32. The van der Waals surface area contributed by atoms with Gasteiger partial charge in [0, 0.05) is 38.1 Å². The minimum Gasteiger partial charge on any atom is -0.308 e. The fourth-order valence-electron chi connectivity index (χ4n) is 2.99. The molecule has 21 heavy (non-hydrogen) atoms. The highest BCUT2D eigenvalue weighted by Gasteiger charge is 2.18. The molecule has 1 N–H and O–H groups in total. The minimum absolute atomic E-state index is 0.558. The molecule has 1 atom stereocenters. The molecule has 0 aliphatic carbocycles. The molecular weight excluding hydrogens is 258 g/mol. The van der Waals surface area contributed by atoms with E-state index in [0.29, 0.717) is 6.04 Å². The lowest BCUT2D eigenvalue weighted by molar-refractivity contribution is 0.283. The maximum atomic E-state index is 4.06. The van der Waals surface area contributed by atoms with Crippen LogP contribution in [0.4, 0.5) is 0 Å². The second-order valence-corrected chi connectivity index (χ2v) is 5.92. The molecule has 0 radical (unpaired) electrons. The molecule has 0 saturated heterocycles. The normalized spacial score (nSPS) is 17.7. The maximum absolute atomic E-state index is 4.06. The Morgan fingerprint density at radius 2 is 1.90 bits per heavy atom. The number of nitrogens with zero attached hydrogens (tertiary/aromatic N) is 2. The quantitative estimate of drug-likeness (QED) is 0.911. The van der Waals surface area contributed by atoms with Crippen LogP contribution in [0, 0.1) is 0 Å². The molecule has 110 valence electrons. The van der Waals surface area contributed by atoms with Crippen molar-refractivity contribution in [3.63, 3.8) is 0 Å². The van der Waals surface area contributed by atoms with Crippen molar-refractivity contribution in [1.82, 2.24) is 15.2 Å². The van der Waals surface area contributed by atoms with Crippen molar-refractivity contribution in [2.24, 2.45) is 0 Å². The van der Waals surface area contributed by atoms with Gasteiger partial charge in [-0.3, -0.25) is 4.98 Å². The van der Waals surface area contributed by atoms with E-state index in [-0.39, 0.29) is 0 Å². The molecule has 1 aromatic heterocycles. The Balaban J connectivity index is 1.49. The molecule has 3 rings (SSSR count). The molecule has 0 fully saturated rings. The van der Waals surface area contributed by atoms with Crippen LogP contribution in [0.1, 0.15) is 16.7 Å². The van der Waals surface area contributed by atoms with Crippen LogP contribution in [0.2, 0.25) is 0 Å². The molecule has 0 bridgehead atoms. The van der Waals surface area contributed by atoms with Gasteiger partial charge in [-0.2, -0.15) is 0 Å². The van der Waals surface area contributed by atoms with Crippen LogP contribution >= 0.6 is 0 Å². The molecule has 1 aliphatic heterocycles. The molecule has 0 spiro atoms. The van der Waals surface area contributed by atoms with Crippen molar-refractivity contribution in [2.45, 2.75) is 25.4 Å². The predicted molar refractivity (Wildman–Crippen MR) is 86.2 cm³/mol. The molecule has 1 unspecified atom stereocenters. The Bertz CT molecular complexity index is 568. The van der Waals surface area contributed by atoms with E-state index in [1.807, 2.05) is 12.4 Å². The van der Waals surface area contributed by atoms with Crippen molar-refractivity contribution >= 4 is 0 Å². The Kier molecular flexibility index (Phi) is 4.63. The first-order valence-corrected chi connectivity index (χ1v) is 7.69. The van der Waals surface area contributed by atoms with E-state index in [0.717, 1.165) is 32.5 Å². The highest BCUT2D eigenvalue weighted by atomic mass is 15.1. The summed E-state index contributed by atoms with van der Waals surface area (Å²) in [4.78, 5) is 6.49. The van der Waals surface area contributed by atoms with Gasteiger partial charge in [-0.1, -0.05) is 24.3 Å². The van der Waals surface area contributed by atoms with Crippen LogP contribution < -0.4 is 5.32 Å². The number of aromatic nitrogens is 1. The van der Waals surface area contributed by atoms with Gasteiger partial charge in [0.15, 0.2) is 0 Å². The number of pyridine rings is 1. The minimum atomic E-state index is 0.558. The Morgan fingerprint density at radius 3 is 2.71 bits per heavy atom. The number of likely N-dealkylation sites (N-methyl/N-ethyl adjacent to an activating group) is 1. The summed E-state index contributed by atoms with van der Waals surface area (Å²) in [5.74, 6) is 0. The molecule has 0 amide bonds. The topological polar surface area (TPSA) is 28.2 Å². The Hall–Kier alpha value is -1.71. The zero-order chi connectivity index (χ0) is 14.5. The van der Waals surface area contributed by atoms with Gasteiger partial charge in [0.1, 0.15) is 0 Å². The number of nitrogens with one attached hydrogen (secondary N) is 1. The maximum Gasteiger partial charge on any atom is 0.0270 e. The van der Waals surface area contributed by atoms with E-state index in [1.165, 1.54) is 16.7 Å². The van der Waals surface area contributed by atoms with Crippen LogP contribution in [0.25, 0.3) is 0 Å². The first-order valence-electron chi connectivity index (χ1n) is 7.69. The summed E-state index contributed by atoms with van der Waals surface area (Å²) in [5, 5.41) is 3.65. The van der Waals surface area contributed by atoms with Crippen LogP contribution in [-0.2, 0) is 19.4 Å². The largest absolute Gasteiger partial charge is 0.308 e. The average Bonchev–Trinajstić information content (AvgIpc) is 2.54. The number of rotatable bonds is 5. The first-order chi connectivity index (χ1) is 10.3. The van der Waals surface area contributed by atoms with Gasteiger partial charge in [0.05, 0.1) is 0 Å². The molecule has 1 aromatic carbocycles. The molecule has 2 heterocycles. The summed E-state index contributed by atoms with van der Waals surface area (Å²) < 4.78 is 0. The summed E-state index contributed by atoms with van der Waals surface area (Å²) in [6.07, 6.45) is 5.96. The summed E-state index contributed by atoms with van der Waals surface area (Å²) in [6, 6.07) is 13.5. The molecule has 2 aromatic rings. The fourth-order valence-corrected chi connectivity index (χ4v) is 2.99. The molecule has 1 aliphatic rings. The van der Waals surface area contributed by atoms with E-state index >= 15 is 0 Å². The SMILES string of the molecule is CN(CCc1ccncc1)CC1Cc2ccccc2CN1. The van der Waals surface area contributed by atoms with Crippen molar-refractivity contribution in [3.05, 3.63) is 65.5 Å². The lowest BCUT2D eigenvalue weighted by atomic mass is 9.95. The van der Waals surface area contributed by atoms with Gasteiger partial charge in [-0.05, 0) is 48.7 Å². The van der Waals surface area contributed by atoms with Crippen molar-refractivity contribution < 1.29 is 0 Å². The smallest absolute Gasteiger partial charge is 0.0270 e. The monoisotopic (exact) mass is 281 g/mol. The average molecular weight is 281 g/mol. The van der Waals surface area contributed by atoms with Gasteiger partial charge in [-0.15, -0.1) is 0 Å². The van der Waals surface area contributed by atoms with Gasteiger partial charge in [0.25, 0.3) is 0 Å². The van der Waals surface area contributed by atoms with E-state index in [9.17, 15) is 0 Å². The van der Waals surface area contributed by atoms with Crippen LogP contribution in [0.15, 0.2) is 48.8 Å². The highest BCUT2D eigenvalue weighted by Crippen LogP contribution is 2.16. The highest BCUT2D eigenvalue weighted by molar-refractivity contribution is 5.29. The Labute approximate surface area is 127 Å². The van der Waals surface area contributed by atoms with Crippen LogP contribution in [0.3, 0.4) is 0 Å². The number of hydrogen-bond acceptors (Lipinski definition) is 3. The standard InChI is InChI=1S/C18H23N3/c1-21(11-8-15-6-9-19-10-7-15)14-18-12-16-4-2-3-5-17(16)13-20-18/h2-7,9-10,18,20H,8,11-14H2,1H3. The lowest BCUT2D eigenvalue weighted by Crippen LogP contribution is -2.44. The van der Waals surface area contributed by atoms with Gasteiger partial charge >= 0.3 is 0 Å². The summed E-state index contributed by atoms with van der Waals surface area (Å²) >= 11 is 0. The first kappa shape index (κ1) is 14.2. The molecular formula is C18H23N3. The van der Waals surface area contributed by atoms with Crippen molar-refractivity contribution in [1.29, 1.82) is 0 Å². The summed E-state index contributed by atoms with van der Waals surface area (Å²) in [7, 11) is 2.21. The third kappa shape index (κ3) is 3.90. The predicted octanol–water partition coefficient (Wildman–Crippen LogP) is 2.27. The number of hydrogen-bond donors (Lipinski definition) is 1. The fraction of sp³-hybridized carbons (Fsp3) is 0.389. The second-order valence-electron chi connectivity index (χ2n) is 5.92. The Morgan fingerprint density at radius 1 is 1.14 bits per heavy atom. The van der Waals surface area contributed by atoms with Gasteiger partial charge in [-0.25, -0.2) is 0 Å². The number of fused-ring (bicyclic) bond motifs is 1. The van der Waals surface area contributed by atoms with Crippen LogP contribution in [0.5, 0.6) is 0 Å². The van der Waals surface area contributed by atoms with E-state index in [4.69, 9.17) is 0 Å². The second kappa shape index (κ2) is 6.83. The third-order valence-corrected chi connectivity index (χ3v) is 4.23. The van der Waals surface area contributed by atoms with Gasteiger partial charge < -0.3 is 10.2 Å². The molecule has 3 nitrogen and oxygen atoms in total. The summed E-state index contributed by atoms with van der Waals surface area (Å²) in [6.45, 7) is 3.18. The zero-order valence-electron chi connectivity index (χ0n) is 12.6. The van der Waals surface area contributed by atoms with E-state index in [1.54, 1.807) is 0 Å². The van der Waals surface area contributed by atoms with Crippen molar-refractivity contribution in [2.75, 3.05) is 20.1 Å². The number of benzene rings is 1. The van der Waals surface area contributed by atoms with Crippen molar-refractivity contribution in [3.8, 4) is 0 Å². The van der Waals surface area contributed by atoms with E-state index < -0.39 is 0 Å².